The Labute approximate surface area is 151 Å². The van der Waals surface area contributed by atoms with E-state index in [1.165, 1.54) is 38.0 Å². The second-order valence-electron chi connectivity index (χ2n) is 6.66. The van der Waals surface area contributed by atoms with E-state index in [0.717, 1.165) is 17.4 Å². The summed E-state index contributed by atoms with van der Waals surface area (Å²) in [6.45, 7) is 5.17. The fourth-order valence-electron chi connectivity index (χ4n) is 3.78. The normalized spacial score (nSPS) is 26.1. The van der Waals surface area contributed by atoms with Crippen LogP contribution in [-0.2, 0) is 9.59 Å². The summed E-state index contributed by atoms with van der Waals surface area (Å²) in [5.41, 5.74) is 1.44. The van der Waals surface area contributed by atoms with Gasteiger partial charge in [-0.3, -0.25) is 0 Å². The zero-order valence-electron chi connectivity index (χ0n) is 14.5. The van der Waals surface area contributed by atoms with Gasteiger partial charge in [0.05, 0.1) is 0 Å². The van der Waals surface area contributed by atoms with Gasteiger partial charge >= 0.3 is 11.9 Å². The lowest BCUT2D eigenvalue weighted by atomic mass is 9.75. The Morgan fingerprint density at radius 2 is 1.62 bits per heavy atom. The fourth-order valence-corrected chi connectivity index (χ4v) is 3.78. The van der Waals surface area contributed by atoms with Crippen molar-refractivity contribution in [2.24, 2.45) is 5.92 Å². The van der Waals surface area contributed by atoms with E-state index in [4.69, 9.17) is 19.7 Å². The molecule has 7 heteroatoms. The van der Waals surface area contributed by atoms with Crippen LogP contribution in [0.5, 0.6) is 11.5 Å². The zero-order valence-corrected chi connectivity index (χ0v) is 14.5. The van der Waals surface area contributed by atoms with Crippen molar-refractivity contribution < 1.29 is 29.3 Å². The van der Waals surface area contributed by atoms with Crippen molar-refractivity contribution in [2.45, 2.75) is 18.8 Å². The molecule has 0 aromatic heterocycles. The van der Waals surface area contributed by atoms with Gasteiger partial charge in [-0.25, -0.2) is 9.59 Å². The molecule has 0 amide bonds. The number of aliphatic carboxylic acids is 2. The molecule has 0 radical (unpaired) electrons. The molecule has 4 aliphatic rings. The quantitative estimate of drug-likeness (QED) is 0.795. The number of rotatable bonds is 3. The average Bonchev–Trinajstić information content (AvgIpc) is 2.67. The number of ether oxygens (including phenoxy) is 2. The van der Waals surface area contributed by atoms with Gasteiger partial charge in [-0.1, -0.05) is 6.07 Å². The monoisotopic (exact) mass is 361 g/mol. The molecule has 3 fully saturated rings. The molecule has 2 bridgehead atoms. The summed E-state index contributed by atoms with van der Waals surface area (Å²) in [7, 11) is 0. The number of fused-ring (bicyclic) bond motifs is 4. The van der Waals surface area contributed by atoms with Crippen LogP contribution in [0.25, 0.3) is 0 Å². The summed E-state index contributed by atoms with van der Waals surface area (Å²) in [6.07, 6.45) is 3.84. The third-order valence-electron chi connectivity index (χ3n) is 5.02. The maximum absolute atomic E-state index is 9.55. The molecule has 1 unspecified atom stereocenters. The smallest absolute Gasteiger partial charge is 0.328 e. The largest absolute Gasteiger partial charge is 0.486 e. The number of piperidine rings is 3. The lowest BCUT2D eigenvalue weighted by molar-refractivity contribution is -0.134. The molecule has 2 N–H and O–H groups in total. The van der Waals surface area contributed by atoms with Crippen LogP contribution in [-0.4, -0.2) is 59.9 Å². The fraction of sp³-hybridized carbons (Fsp3) is 0.474. The Morgan fingerprint density at radius 3 is 2.15 bits per heavy atom. The number of hydrogen-bond donors (Lipinski definition) is 2. The summed E-state index contributed by atoms with van der Waals surface area (Å²) in [6, 6.07) is 6.53. The van der Waals surface area contributed by atoms with Gasteiger partial charge in [-0.2, -0.15) is 0 Å². The van der Waals surface area contributed by atoms with E-state index < -0.39 is 11.9 Å². The van der Waals surface area contributed by atoms with Gasteiger partial charge in [0.25, 0.3) is 0 Å². The molecule has 0 spiro atoms. The summed E-state index contributed by atoms with van der Waals surface area (Å²) in [4.78, 5) is 21.7. The maximum Gasteiger partial charge on any atom is 0.328 e. The number of benzene rings is 1. The molecule has 4 aliphatic heterocycles. The summed E-state index contributed by atoms with van der Waals surface area (Å²) in [5, 5.41) is 15.6. The van der Waals surface area contributed by atoms with Crippen LogP contribution in [0.3, 0.4) is 0 Å². The highest BCUT2D eigenvalue weighted by Gasteiger charge is 2.35. The molecule has 3 saturated heterocycles. The number of carboxylic acid groups (broad SMARTS) is 2. The lowest BCUT2D eigenvalue weighted by Gasteiger charge is -2.45. The van der Waals surface area contributed by atoms with E-state index in [-0.39, 0.29) is 0 Å². The lowest BCUT2D eigenvalue weighted by Crippen LogP contribution is -2.46. The van der Waals surface area contributed by atoms with Gasteiger partial charge in [0.1, 0.15) is 13.2 Å². The van der Waals surface area contributed by atoms with Crippen LogP contribution in [0.2, 0.25) is 0 Å². The highest BCUT2D eigenvalue weighted by Crippen LogP contribution is 2.41. The maximum atomic E-state index is 9.55. The van der Waals surface area contributed by atoms with Gasteiger partial charge in [-0.15, -0.1) is 0 Å². The van der Waals surface area contributed by atoms with Crippen LogP contribution in [0.15, 0.2) is 30.4 Å². The van der Waals surface area contributed by atoms with Gasteiger partial charge in [0.15, 0.2) is 11.5 Å². The Hall–Kier alpha value is -2.54. The topological polar surface area (TPSA) is 96.3 Å². The third kappa shape index (κ3) is 4.54. The average molecular weight is 361 g/mol. The molecular weight excluding hydrogens is 338 g/mol. The second-order valence-corrected chi connectivity index (χ2v) is 6.66. The highest BCUT2D eigenvalue weighted by atomic mass is 16.6. The molecular formula is C19H23NO6. The van der Waals surface area contributed by atoms with Crippen LogP contribution < -0.4 is 9.47 Å². The van der Waals surface area contributed by atoms with Crippen molar-refractivity contribution in [3.63, 3.8) is 0 Å². The number of nitrogens with zero attached hydrogens (tertiary/aromatic N) is 1. The van der Waals surface area contributed by atoms with Gasteiger partial charge in [0.2, 0.25) is 0 Å². The van der Waals surface area contributed by atoms with Gasteiger partial charge < -0.3 is 24.6 Å². The molecule has 0 aliphatic carbocycles. The second kappa shape index (κ2) is 8.23. The minimum absolute atomic E-state index is 0.558. The number of carbonyl (C=O) groups is 2. The Kier molecular flexibility index (Phi) is 5.78. The van der Waals surface area contributed by atoms with E-state index in [1.54, 1.807) is 0 Å². The van der Waals surface area contributed by atoms with Gasteiger partial charge in [-0.05, 0) is 55.5 Å². The van der Waals surface area contributed by atoms with Crippen molar-refractivity contribution in [2.75, 3.05) is 32.8 Å². The first kappa shape index (κ1) is 18.3. The Bertz CT molecular complexity index is 677. The molecule has 7 nitrogen and oxygen atoms in total. The summed E-state index contributed by atoms with van der Waals surface area (Å²) in [5.74, 6) is 0.905. The molecule has 0 saturated carbocycles. The summed E-state index contributed by atoms with van der Waals surface area (Å²) < 4.78 is 11.3. The van der Waals surface area contributed by atoms with E-state index >= 15 is 0 Å². The first-order valence-electron chi connectivity index (χ1n) is 8.79. The number of hydrogen-bond acceptors (Lipinski definition) is 5. The van der Waals surface area contributed by atoms with Crippen molar-refractivity contribution in [1.82, 2.24) is 4.90 Å². The van der Waals surface area contributed by atoms with Crippen molar-refractivity contribution in [3.05, 3.63) is 35.9 Å². The Balaban J connectivity index is 0.000000211. The first-order valence-corrected chi connectivity index (χ1v) is 8.79. The molecule has 5 rings (SSSR count). The van der Waals surface area contributed by atoms with E-state index in [1.807, 2.05) is 0 Å². The van der Waals surface area contributed by atoms with E-state index in [0.29, 0.717) is 31.3 Å². The van der Waals surface area contributed by atoms with Crippen molar-refractivity contribution in [1.29, 1.82) is 0 Å². The van der Waals surface area contributed by atoms with Crippen LogP contribution >= 0.6 is 0 Å². The Morgan fingerprint density at radius 1 is 1.00 bits per heavy atom. The predicted molar refractivity (Wildman–Crippen MR) is 93.7 cm³/mol. The number of carboxylic acids is 2. The van der Waals surface area contributed by atoms with Crippen LogP contribution in [0, 0.1) is 5.92 Å². The first-order chi connectivity index (χ1) is 12.5. The van der Waals surface area contributed by atoms with Crippen LogP contribution in [0.4, 0.5) is 0 Å². The standard InChI is InChI=1S/C15H19NO2.C4H4O4/c1-2-14-15(18-8-7-17-14)9-12(1)13-10-16-5-3-11(13)4-6-16;5-3(6)1-2-4(7)8/h1-2,9,11,13H,3-8,10H2;1-2H,(H,5,6)(H,7,8). The SMILES string of the molecule is O=C(O)C=CC(=O)O.c1cc2c(cc1C1CN3CCC1CC3)OCCO2. The molecule has 4 heterocycles. The van der Waals surface area contributed by atoms with Crippen molar-refractivity contribution >= 4 is 11.9 Å². The molecule has 26 heavy (non-hydrogen) atoms. The highest BCUT2D eigenvalue weighted by molar-refractivity contribution is 5.89. The molecule has 140 valence electrons. The summed E-state index contributed by atoms with van der Waals surface area (Å²) >= 11 is 0. The minimum atomic E-state index is -1.26. The predicted octanol–water partition coefficient (Wildman–Crippen LogP) is 1.98. The molecule has 1 aromatic rings. The third-order valence-corrected chi connectivity index (χ3v) is 5.02. The van der Waals surface area contributed by atoms with E-state index in [9.17, 15) is 9.59 Å². The van der Waals surface area contributed by atoms with E-state index in [2.05, 4.69) is 23.1 Å². The molecule has 1 aromatic carbocycles. The van der Waals surface area contributed by atoms with Crippen LogP contribution in [0.1, 0.15) is 24.3 Å². The minimum Gasteiger partial charge on any atom is -0.486 e. The van der Waals surface area contributed by atoms with Gasteiger partial charge in [0, 0.05) is 18.7 Å². The zero-order chi connectivity index (χ0) is 18.5. The molecule has 1 atom stereocenters. The van der Waals surface area contributed by atoms with Crippen molar-refractivity contribution in [3.8, 4) is 11.5 Å².